The molecule has 0 bridgehead atoms. The molecule has 1 amide bonds. The molecular formula is C9H16BrNO. The Morgan fingerprint density at radius 2 is 2.00 bits per heavy atom. The highest BCUT2D eigenvalue weighted by atomic mass is 79.9. The van der Waals surface area contributed by atoms with Crippen molar-refractivity contribution in [3.05, 3.63) is 0 Å². The van der Waals surface area contributed by atoms with Gasteiger partial charge in [-0.05, 0) is 40.0 Å². The Hall–Kier alpha value is -0.0500. The van der Waals surface area contributed by atoms with Gasteiger partial charge in [0.05, 0.1) is 4.32 Å². The molecule has 3 heteroatoms. The predicted molar refractivity (Wildman–Crippen MR) is 53.4 cm³/mol. The molecule has 0 aromatic carbocycles. The molecule has 70 valence electrons. The molecule has 0 saturated heterocycles. The van der Waals surface area contributed by atoms with Crippen molar-refractivity contribution in [1.82, 2.24) is 5.32 Å². The molecule has 1 rings (SSSR count). The molecule has 1 aliphatic carbocycles. The monoisotopic (exact) mass is 233 g/mol. The molecule has 1 fully saturated rings. The van der Waals surface area contributed by atoms with Gasteiger partial charge in [0.15, 0.2) is 0 Å². The Morgan fingerprint density at radius 1 is 1.50 bits per heavy atom. The summed E-state index contributed by atoms with van der Waals surface area (Å²) in [6.07, 6.45) is 3.46. The van der Waals surface area contributed by atoms with Crippen LogP contribution in [0.4, 0.5) is 0 Å². The Bertz CT molecular complexity index is 191. The first-order valence-electron chi connectivity index (χ1n) is 4.35. The number of hydrogen-bond donors (Lipinski definition) is 1. The molecule has 0 aliphatic heterocycles. The second-order valence-corrected chi connectivity index (χ2v) is 6.32. The highest BCUT2D eigenvalue weighted by Gasteiger charge is 2.36. The molecule has 0 radical (unpaired) electrons. The molecule has 12 heavy (non-hydrogen) atoms. The van der Waals surface area contributed by atoms with Crippen LogP contribution in [0, 0.1) is 0 Å². The van der Waals surface area contributed by atoms with E-state index in [1.165, 1.54) is 6.42 Å². The average Bonchev–Trinajstić information content (AvgIpc) is 1.82. The quantitative estimate of drug-likeness (QED) is 0.729. The zero-order chi connectivity index (χ0) is 9.41. The number of hydrogen-bond acceptors (Lipinski definition) is 1. The summed E-state index contributed by atoms with van der Waals surface area (Å²) in [4.78, 5) is 11.5. The molecule has 1 aliphatic rings. The van der Waals surface area contributed by atoms with Crippen LogP contribution in [0.1, 0.15) is 40.0 Å². The van der Waals surface area contributed by atoms with Crippen LogP contribution in [0.5, 0.6) is 0 Å². The van der Waals surface area contributed by atoms with Crippen molar-refractivity contribution < 1.29 is 4.79 Å². The van der Waals surface area contributed by atoms with E-state index in [2.05, 4.69) is 28.2 Å². The first-order chi connectivity index (χ1) is 5.33. The maximum atomic E-state index is 11.5. The van der Waals surface area contributed by atoms with Gasteiger partial charge >= 0.3 is 0 Å². The zero-order valence-corrected chi connectivity index (χ0v) is 9.49. The predicted octanol–water partition coefficient (Wildman–Crippen LogP) is 2.22. The summed E-state index contributed by atoms with van der Waals surface area (Å²) < 4.78 is -0.439. The van der Waals surface area contributed by atoms with Crippen LogP contribution >= 0.6 is 15.9 Å². The van der Waals surface area contributed by atoms with Crippen LogP contribution in [-0.2, 0) is 4.79 Å². The van der Waals surface area contributed by atoms with E-state index in [-0.39, 0.29) is 11.4 Å². The summed E-state index contributed by atoms with van der Waals surface area (Å²) in [5.41, 5.74) is 0.0716. The van der Waals surface area contributed by atoms with Crippen LogP contribution < -0.4 is 5.32 Å². The lowest BCUT2D eigenvalue weighted by Gasteiger charge is -2.40. The van der Waals surface area contributed by atoms with E-state index < -0.39 is 4.32 Å². The van der Waals surface area contributed by atoms with Crippen molar-refractivity contribution >= 4 is 21.8 Å². The number of nitrogens with one attached hydrogen (secondary N) is 1. The number of amides is 1. The maximum Gasteiger partial charge on any atom is 0.236 e. The third kappa shape index (κ3) is 2.22. The molecule has 0 atom stereocenters. The summed E-state index contributed by atoms with van der Waals surface area (Å²) in [6, 6.07) is 0. The van der Waals surface area contributed by atoms with Gasteiger partial charge in [-0.2, -0.15) is 0 Å². The Labute approximate surface area is 82.2 Å². The van der Waals surface area contributed by atoms with Crippen molar-refractivity contribution in [1.29, 1.82) is 0 Å². The number of rotatable bonds is 2. The highest BCUT2D eigenvalue weighted by Crippen LogP contribution is 2.32. The normalized spacial score (nSPS) is 21.3. The molecule has 0 aromatic rings. The van der Waals surface area contributed by atoms with E-state index >= 15 is 0 Å². The van der Waals surface area contributed by atoms with E-state index in [1.54, 1.807) is 0 Å². The molecule has 0 unspecified atom stereocenters. The Kier molecular flexibility index (Phi) is 2.52. The standard InChI is InChI=1S/C9H16BrNO/c1-8(2,10)7(12)11-9(3)5-4-6-9/h4-6H2,1-3H3,(H,11,12). The topological polar surface area (TPSA) is 29.1 Å². The summed E-state index contributed by atoms with van der Waals surface area (Å²) in [5, 5.41) is 3.05. The van der Waals surface area contributed by atoms with Gasteiger partial charge in [-0.25, -0.2) is 0 Å². The van der Waals surface area contributed by atoms with Crippen LogP contribution in [0.2, 0.25) is 0 Å². The fraction of sp³-hybridized carbons (Fsp3) is 0.889. The molecule has 0 spiro atoms. The molecule has 2 nitrogen and oxygen atoms in total. The molecule has 0 heterocycles. The summed E-state index contributed by atoms with van der Waals surface area (Å²) in [6.45, 7) is 5.84. The van der Waals surface area contributed by atoms with Crippen molar-refractivity contribution in [3.8, 4) is 0 Å². The first kappa shape index (κ1) is 10.0. The zero-order valence-electron chi connectivity index (χ0n) is 7.91. The molecule has 1 N–H and O–H groups in total. The third-order valence-corrected chi connectivity index (χ3v) is 2.77. The second kappa shape index (κ2) is 3.02. The lowest BCUT2D eigenvalue weighted by molar-refractivity contribution is -0.125. The van der Waals surface area contributed by atoms with E-state index in [0.29, 0.717) is 0 Å². The van der Waals surface area contributed by atoms with Crippen molar-refractivity contribution in [2.45, 2.75) is 49.9 Å². The van der Waals surface area contributed by atoms with Crippen molar-refractivity contribution in [3.63, 3.8) is 0 Å². The molecular weight excluding hydrogens is 218 g/mol. The molecule has 1 saturated carbocycles. The van der Waals surface area contributed by atoms with Gasteiger partial charge in [0, 0.05) is 5.54 Å². The largest absolute Gasteiger partial charge is 0.350 e. The van der Waals surface area contributed by atoms with Gasteiger partial charge in [0.2, 0.25) is 5.91 Å². The average molecular weight is 234 g/mol. The van der Waals surface area contributed by atoms with Gasteiger partial charge in [0.1, 0.15) is 0 Å². The minimum atomic E-state index is -0.439. The SMILES string of the molecule is CC1(NC(=O)C(C)(C)Br)CCC1. The minimum absolute atomic E-state index is 0.0716. The minimum Gasteiger partial charge on any atom is -0.350 e. The van der Waals surface area contributed by atoms with Gasteiger partial charge in [-0.15, -0.1) is 0 Å². The summed E-state index contributed by atoms with van der Waals surface area (Å²) >= 11 is 3.34. The van der Waals surface area contributed by atoms with Crippen molar-refractivity contribution in [2.24, 2.45) is 0 Å². The van der Waals surface area contributed by atoms with Crippen molar-refractivity contribution in [2.75, 3.05) is 0 Å². The Balaban J connectivity index is 2.46. The molecule has 0 aromatic heterocycles. The van der Waals surface area contributed by atoms with Crippen LogP contribution in [-0.4, -0.2) is 15.8 Å². The van der Waals surface area contributed by atoms with Crippen LogP contribution in [0.3, 0.4) is 0 Å². The third-order valence-electron chi connectivity index (χ3n) is 2.41. The number of carbonyl (C=O) groups is 1. The lowest BCUT2D eigenvalue weighted by atomic mass is 9.78. The van der Waals surface area contributed by atoms with Gasteiger partial charge in [-0.1, -0.05) is 15.9 Å². The Morgan fingerprint density at radius 3 is 2.25 bits per heavy atom. The number of alkyl halides is 1. The number of halogens is 1. The van der Waals surface area contributed by atoms with Gasteiger partial charge < -0.3 is 5.32 Å². The van der Waals surface area contributed by atoms with Gasteiger partial charge in [-0.3, -0.25) is 4.79 Å². The van der Waals surface area contributed by atoms with E-state index in [1.807, 2.05) is 13.8 Å². The fourth-order valence-electron chi connectivity index (χ4n) is 1.25. The van der Waals surface area contributed by atoms with E-state index in [4.69, 9.17) is 0 Å². The highest BCUT2D eigenvalue weighted by molar-refractivity contribution is 9.10. The van der Waals surface area contributed by atoms with Crippen LogP contribution in [0.15, 0.2) is 0 Å². The van der Waals surface area contributed by atoms with E-state index in [9.17, 15) is 4.79 Å². The summed E-state index contributed by atoms with van der Waals surface area (Å²) in [7, 11) is 0. The second-order valence-electron chi connectivity index (χ2n) is 4.34. The smallest absolute Gasteiger partial charge is 0.236 e. The van der Waals surface area contributed by atoms with E-state index in [0.717, 1.165) is 12.8 Å². The van der Waals surface area contributed by atoms with Crippen LogP contribution in [0.25, 0.3) is 0 Å². The summed E-state index contributed by atoms with van der Waals surface area (Å²) in [5.74, 6) is 0.0877. The lowest BCUT2D eigenvalue weighted by Crippen LogP contribution is -2.54. The fourth-order valence-corrected chi connectivity index (χ4v) is 1.35. The first-order valence-corrected chi connectivity index (χ1v) is 5.14. The van der Waals surface area contributed by atoms with Gasteiger partial charge in [0.25, 0.3) is 0 Å². The number of carbonyl (C=O) groups excluding carboxylic acids is 1. The maximum absolute atomic E-state index is 11.5.